The van der Waals surface area contributed by atoms with Crippen LogP contribution in [0.2, 0.25) is 0 Å². The number of aliphatic imine (C=N–C) groups is 1. The maximum atomic E-state index is 14.5. The lowest BCUT2D eigenvalue weighted by molar-refractivity contribution is 0.613. The fraction of sp³-hybridized carbons (Fsp3) is 0.263. The molecule has 5 nitrogen and oxygen atoms in total. The molecule has 0 radical (unpaired) electrons. The summed E-state index contributed by atoms with van der Waals surface area (Å²) in [7, 11) is 1.72. The van der Waals surface area contributed by atoms with Gasteiger partial charge in [-0.25, -0.2) is 9.37 Å². The first kappa shape index (κ1) is 21.4. The van der Waals surface area contributed by atoms with Gasteiger partial charge in [-0.15, -0.1) is 35.3 Å². The molecule has 0 unspecified atom stereocenters. The van der Waals surface area contributed by atoms with Gasteiger partial charge >= 0.3 is 0 Å². The van der Waals surface area contributed by atoms with Crippen LogP contribution in [0, 0.1) is 19.7 Å². The zero-order chi connectivity index (χ0) is 18.5. The van der Waals surface area contributed by atoms with Crippen molar-refractivity contribution in [2.45, 2.75) is 26.9 Å². The van der Waals surface area contributed by atoms with Gasteiger partial charge in [0, 0.05) is 30.9 Å². The lowest BCUT2D eigenvalue weighted by atomic mass is 10.2. The van der Waals surface area contributed by atoms with Gasteiger partial charge < -0.3 is 15.2 Å². The van der Waals surface area contributed by atoms with Crippen molar-refractivity contribution in [2.24, 2.45) is 4.99 Å². The summed E-state index contributed by atoms with van der Waals surface area (Å²) in [6.07, 6.45) is 3.42. The molecule has 0 aliphatic rings. The molecule has 0 bridgehead atoms. The Kier molecular flexibility index (Phi) is 7.78. The summed E-state index contributed by atoms with van der Waals surface area (Å²) in [5.74, 6) is 1.17. The summed E-state index contributed by atoms with van der Waals surface area (Å²) < 4.78 is 16.2. The zero-order valence-electron chi connectivity index (χ0n) is 15.5. The molecular weight excluding hydrogens is 476 g/mol. The molecule has 3 rings (SSSR count). The predicted octanol–water partition coefficient (Wildman–Crippen LogP) is 4.17. The first-order valence-corrected chi connectivity index (χ1v) is 9.22. The van der Waals surface area contributed by atoms with Crippen LogP contribution in [-0.2, 0) is 13.1 Å². The Hall–Kier alpha value is -1.94. The van der Waals surface area contributed by atoms with Crippen molar-refractivity contribution in [1.29, 1.82) is 0 Å². The van der Waals surface area contributed by atoms with Crippen LogP contribution in [-0.4, -0.2) is 22.6 Å². The smallest absolute Gasteiger partial charge is 0.191 e. The van der Waals surface area contributed by atoms with Gasteiger partial charge in [-0.1, -0.05) is 6.07 Å². The SMILES string of the molecule is CN=C(NCc1ccc(-n2ccnc2C)c(F)c1)NCc1sccc1C.I. The number of nitrogens with zero attached hydrogens (tertiary/aromatic N) is 3. The number of guanidine groups is 1. The average Bonchev–Trinajstić information content (AvgIpc) is 3.23. The summed E-state index contributed by atoms with van der Waals surface area (Å²) in [5, 5.41) is 8.58. The second-order valence-electron chi connectivity index (χ2n) is 5.94. The van der Waals surface area contributed by atoms with E-state index in [1.54, 1.807) is 47.5 Å². The van der Waals surface area contributed by atoms with E-state index < -0.39 is 0 Å². The van der Waals surface area contributed by atoms with Crippen LogP contribution < -0.4 is 10.6 Å². The highest BCUT2D eigenvalue weighted by Gasteiger charge is 2.08. The van der Waals surface area contributed by atoms with Crippen LogP contribution in [0.15, 0.2) is 47.0 Å². The maximum Gasteiger partial charge on any atom is 0.191 e. The van der Waals surface area contributed by atoms with E-state index in [1.165, 1.54) is 10.4 Å². The number of halogens is 2. The molecule has 0 saturated heterocycles. The van der Waals surface area contributed by atoms with Crippen molar-refractivity contribution in [1.82, 2.24) is 20.2 Å². The molecule has 0 aliphatic heterocycles. The first-order valence-electron chi connectivity index (χ1n) is 8.34. The minimum atomic E-state index is -0.275. The molecule has 0 atom stereocenters. The third-order valence-corrected chi connectivity index (χ3v) is 5.19. The maximum absolute atomic E-state index is 14.5. The van der Waals surface area contributed by atoms with Gasteiger partial charge in [-0.3, -0.25) is 4.99 Å². The molecule has 0 fully saturated rings. The Labute approximate surface area is 179 Å². The minimum absolute atomic E-state index is 0. The van der Waals surface area contributed by atoms with Crippen LogP contribution in [0.3, 0.4) is 0 Å². The summed E-state index contributed by atoms with van der Waals surface area (Å²) in [6.45, 7) is 5.15. The van der Waals surface area contributed by atoms with E-state index in [4.69, 9.17) is 0 Å². The van der Waals surface area contributed by atoms with Crippen LogP contribution in [0.1, 0.15) is 21.8 Å². The fourth-order valence-electron chi connectivity index (χ4n) is 2.64. The van der Waals surface area contributed by atoms with E-state index >= 15 is 0 Å². The fourth-order valence-corrected chi connectivity index (χ4v) is 3.49. The van der Waals surface area contributed by atoms with Gasteiger partial charge in [-0.2, -0.15) is 0 Å². The van der Waals surface area contributed by atoms with Crippen molar-refractivity contribution < 1.29 is 4.39 Å². The Bertz CT molecular complexity index is 918. The van der Waals surface area contributed by atoms with E-state index in [9.17, 15) is 4.39 Å². The number of rotatable bonds is 5. The molecule has 144 valence electrons. The number of nitrogens with one attached hydrogen (secondary N) is 2. The van der Waals surface area contributed by atoms with Crippen molar-refractivity contribution in [3.63, 3.8) is 0 Å². The lowest BCUT2D eigenvalue weighted by Gasteiger charge is -2.13. The van der Waals surface area contributed by atoms with E-state index in [0.717, 1.165) is 17.9 Å². The Morgan fingerprint density at radius 2 is 2.00 bits per heavy atom. The summed E-state index contributed by atoms with van der Waals surface area (Å²) in [4.78, 5) is 9.63. The van der Waals surface area contributed by atoms with Gasteiger partial charge in [0.2, 0.25) is 0 Å². The predicted molar refractivity (Wildman–Crippen MR) is 120 cm³/mol. The van der Waals surface area contributed by atoms with Crippen LogP contribution >= 0.6 is 35.3 Å². The summed E-state index contributed by atoms with van der Waals surface area (Å²) in [5.41, 5.74) is 2.61. The molecular formula is C19H23FIN5S. The van der Waals surface area contributed by atoms with E-state index in [1.807, 2.05) is 13.0 Å². The number of thiophene rings is 1. The summed E-state index contributed by atoms with van der Waals surface area (Å²) in [6, 6.07) is 7.32. The third-order valence-electron chi connectivity index (χ3n) is 4.17. The topological polar surface area (TPSA) is 54.2 Å². The van der Waals surface area contributed by atoms with E-state index in [2.05, 4.69) is 39.0 Å². The van der Waals surface area contributed by atoms with E-state index in [-0.39, 0.29) is 29.8 Å². The normalized spacial score (nSPS) is 11.2. The number of imidazole rings is 1. The molecule has 27 heavy (non-hydrogen) atoms. The molecule has 2 N–H and O–H groups in total. The molecule has 0 saturated carbocycles. The highest BCUT2D eigenvalue weighted by Crippen LogP contribution is 2.17. The van der Waals surface area contributed by atoms with Gasteiger partial charge in [0.15, 0.2) is 5.96 Å². The molecule has 2 aromatic heterocycles. The minimum Gasteiger partial charge on any atom is -0.352 e. The number of hydrogen-bond donors (Lipinski definition) is 2. The quantitative estimate of drug-likeness (QED) is 0.315. The summed E-state index contributed by atoms with van der Waals surface area (Å²) >= 11 is 1.72. The van der Waals surface area contributed by atoms with Crippen LogP contribution in [0.4, 0.5) is 4.39 Å². The van der Waals surface area contributed by atoms with Gasteiger partial charge in [0.25, 0.3) is 0 Å². The molecule has 3 aromatic rings. The van der Waals surface area contributed by atoms with Gasteiger partial charge in [0.05, 0.1) is 12.2 Å². The Balaban J connectivity index is 0.00000261. The number of benzene rings is 1. The average molecular weight is 499 g/mol. The van der Waals surface area contributed by atoms with Crippen molar-refractivity contribution >= 4 is 41.3 Å². The number of aryl methyl sites for hydroxylation is 2. The van der Waals surface area contributed by atoms with Crippen molar-refractivity contribution in [3.8, 4) is 5.69 Å². The Morgan fingerprint density at radius 3 is 2.59 bits per heavy atom. The number of hydrogen-bond acceptors (Lipinski definition) is 3. The highest BCUT2D eigenvalue weighted by molar-refractivity contribution is 14.0. The second kappa shape index (κ2) is 9.84. The van der Waals surface area contributed by atoms with E-state index in [0.29, 0.717) is 18.2 Å². The van der Waals surface area contributed by atoms with Crippen molar-refractivity contribution in [2.75, 3.05) is 7.05 Å². The van der Waals surface area contributed by atoms with Crippen molar-refractivity contribution in [3.05, 3.63) is 69.7 Å². The van der Waals surface area contributed by atoms with Crippen LogP contribution in [0.25, 0.3) is 5.69 Å². The Morgan fingerprint density at radius 1 is 1.22 bits per heavy atom. The van der Waals surface area contributed by atoms with Crippen LogP contribution in [0.5, 0.6) is 0 Å². The standard InChI is InChI=1S/C19H22FN5S.HI/c1-13-6-9-26-18(13)12-24-19(21-3)23-11-15-4-5-17(16(20)10-15)25-8-7-22-14(25)2;/h4-10H,11-12H2,1-3H3,(H2,21,23,24);1H. The molecule has 0 spiro atoms. The highest BCUT2D eigenvalue weighted by atomic mass is 127. The zero-order valence-corrected chi connectivity index (χ0v) is 18.6. The molecule has 2 heterocycles. The monoisotopic (exact) mass is 499 g/mol. The third kappa shape index (κ3) is 5.29. The lowest BCUT2D eigenvalue weighted by Crippen LogP contribution is -2.36. The number of aromatic nitrogens is 2. The second-order valence-corrected chi connectivity index (χ2v) is 6.94. The molecule has 0 amide bonds. The van der Waals surface area contributed by atoms with Gasteiger partial charge in [-0.05, 0) is 48.6 Å². The molecule has 0 aliphatic carbocycles. The largest absolute Gasteiger partial charge is 0.352 e. The molecule has 8 heteroatoms. The van der Waals surface area contributed by atoms with Gasteiger partial charge in [0.1, 0.15) is 11.6 Å². The molecule has 1 aromatic carbocycles. The first-order chi connectivity index (χ1) is 12.6.